The number of hydrogen-bond acceptors (Lipinski definition) is 2. The zero-order chi connectivity index (χ0) is 14.5. The van der Waals surface area contributed by atoms with Crippen LogP contribution in [-0.4, -0.2) is 10.6 Å². The average Bonchev–Trinajstić information content (AvgIpc) is 2.86. The van der Waals surface area contributed by atoms with Crippen molar-refractivity contribution in [2.75, 3.05) is 0 Å². The predicted octanol–water partition coefficient (Wildman–Crippen LogP) is 3.05. The first kappa shape index (κ1) is 14.3. The van der Waals surface area contributed by atoms with Crippen molar-refractivity contribution in [3.8, 4) is 6.07 Å². The van der Waals surface area contributed by atoms with Crippen molar-refractivity contribution in [2.24, 2.45) is 0 Å². The molecule has 1 aromatic carbocycles. The molecule has 0 radical (unpaired) electrons. The Kier molecular flexibility index (Phi) is 4.54. The summed E-state index contributed by atoms with van der Waals surface area (Å²) in [7, 11) is 0. The van der Waals surface area contributed by atoms with Crippen LogP contribution in [0.25, 0.3) is 0 Å². The van der Waals surface area contributed by atoms with Crippen LogP contribution in [0.15, 0.2) is 36.5 Å². The van der Waals surface area contributed by atoms with Gasteiger partial charge in [0.25, 0.3) is 0 Å². The lowest BCUT2D eigenvalue weighted by Gasteiger charge is -2.12. The summed E-state index contributed by atoms with van der Waals surface area (Å²) < 4.78 is 15.4. The molecule has 20 heavy (non-hydrogen) atoms. The molecule has 0 spiro atoms. The lowest BCUT2D eigenvalue weighted by Crippen LogP contribution is -2.23. The van der Waals surface area contributed by atoms with Gasteiger partial charge in [0.05, 0.1) is 5.56 Å². The van der Waals surface area contributed by atoms with Crippen molar-refractivity contribution < 1.29 is 4.39 Å². The third kappa shape index (κ3) is 3.46. The van der Waals surface area contributed by atoms with Gasteiger partial charge in [-0.05, 0) is 29.8 Å². The SMILES string of the molecule is CC(C)NCc1cccn1Cc1ccc(F)c(C#N)c1. The zero-order valence-electron chi connectivity index (χ0n) is 11.7. The van der Waals surface area contributed by atoms with E-state index in [9.17, 15) is 4.39 Å². The van der Waals surface area contributed by atoms with Crippen LogP contribution in [-0.2, 0) is 13.1 Å². The molecule has 1 N–H and O–H groups in total. The van der Waals surface area contributed by atoms with E-state index in [0.29, 0.717) is 12.6 Å². The maximum atomic E-state index is 13.3. The van der Waals surface area contributed by atoms with Crippen LogP contribution in [0.5, 0.6) is 0 Å². The molecule has 0 atom stereocenters. The minimum atomic E-state index is -0.467. The summed E-state index contributed by atoms with van der Waals surface area (Å²) in [6, 6.07) is 11.0. The molecule has 4 heteroatoms. The maximum Gasteiger partial charge on any atom is 0.140 e. The smallest absolute Gasteiger partial charge is 0.140 e. The summed E-state index contributed by atoms with van der Waals surface area (Å²) in [6.07, 6.45) is 1.99. The van der Waals surface area contributed by atoms with Crippen LogP contribution in [0.4, 0.5) is 4.39 Å². The molecule has 0 bridgehead atoms. The Morgan fingerprint density at radius 2 is 2.15 bits per heavy atom. The number of halogens is 1. The number of rotatable bonds is 5. The van der Waals surface area contributed by atoms with E-state index in [1.54, 1.807) is 12.1 Å². The molecule has 0 aliphatic carbocycles. The number of nitrogens with zero attached hydrogens (tertiary/aromatic N) is 2. The molecular formula is C16H18FN3. The van der Waals surface area contributed by atoms with Crippen molar-refractivity contribution in [1.82, 2.24) is 9.88 Å². The van der Waals surface area contributed by atoms with E-state index in [4.69, 9.17) is 5.26 Å². The van der Waals surface area contributed by atoms with Gasteiger partial charge in [0.1, 0.15) is 11.9 Å². The molecule has 2 aromatic rings. The third-order valence-electron chi connectivity index (χ3n) is 3.12. The fraction of sp³-hybridized carbons (Fsp3) is 0.312. The Hall–Kier alpha value is -2.12. The highest BCUT2D eigenvalue weighted by Crippen LogP contribution is 2.13. The summed E-state index contributed by atoms with van der Waals surface area (Å²) >= 11 is 0. The van der Waals surface area contributed by atoms with E-state index < -0.39 is 5.82 Å². The zero-order valence-corrected chi connectivity index (χ0v) is 11.7. The molecule has 0 amide bonds. The van der Waals surface area contributed by atoms with E-state index in [-0.39, 0.29) is 5.56 Å². The summed E-state index contributed by atoms with van der Waals surface area (Å²) in [5.41, 5.74) is 2.18. The van der Waals surface area contributed by atoms with Crippen molar-refractivity contribution >= 4 is 0 Å². The summed E-state index contributed by atoms with van der Waals surface area (Å²) in [4.78, 5) is 0. The predicted molar refractivity (Wildman–Crippen MR) is 76.6 cm³/mol. The molecule has 1 heterocycles. The average molecular weight is 271 g/mol. The van der Waals surface area contributed by atoms with Crippen molar-refractivity contribution in [2.45, 2.75) is 33.0 Å². The topological polar surface area (TPSA) is 40.8 Å². The second-order valence-corrected chi connectivity index (χ2v) is 5.09. The molecule has 0 aliphatic heterocycles. The van der Waals surface area contributed by atoms with Gasteiger partial charge in [-0.15, -0.1) is 0 Å². The largest absolute Gasteiger partial charge is 0.346 e. The van der Waals surface area contributed by atoms with Crippen LogP contribution in [0, 0.1) is 17.1 Å². The van der Waals surface area contributed by atoms with Crippen LogP contribution >= 0.6 is 0 Å². The molecule has 0 fully saturated rings. The molecule has 0 saturated carbocycles. The van der Waals surface area contributed by atoms with Crippen LogP contribution < -0.4 is 5.32 Å². The van der Waals surface area contributed by atoms with Gasteiger partial charge in [0.15, 0.2) is 0 Å². The van der Waals surface area contributed by atoms with E-state index >= 15 is 0 Å². The molecule has 2 rings (SSSR count). The van der Waals surface area contributed by atoms with E-state index in [1.165, 1.54) is 11.8 Å². The first-order chi connectivity index (χ1) is 9.60. The Morgan fingerprint density at radius 1 is 1.35 bits per heavy atom. The van der Waals surface area contributed by atoms with Crippen LogP contribution in [0.1, 0.15) is 30.7 Å². The minimum absolute atomic E-state index is 0.0940. The molecule has 0 unspecified atom stereocenters. The van der Waals surface area contributed by atoms with Crippen LogP contribution in [0.3, 0.4) is 0 Å². The molecule has 1 aromatic heterocycles. The number of nitriles is 1. The fourth-order valence-corrected chi connectivity index (χ4v) is 2.03. The molecule has 104 valence electrons. The van der Waals surface area contributed by atoms with Gasteiger partial charge in [-0.3, -0.25) is 0 Å². The number of hydrogen-bond donors (Lipinski definition) is 1. The van der Waals surface area contributed by atoms with Crippen molar-refractivity contribution in [3.63, 3.8) is 0 Å². The number of nitrogens with one attached hydrogen (secondary N) is 1. The molecule has 0 aliphatic rings. The summed E-state index contributed by atoms with van der Waals surface area (Å²) in [6.45, 7) is 5.63. The first-order valence-corrected chi connectivity index (χ1v) is 6.66. The Balaban J connectivity index is 2.14. The monoisotopic (exact) mass is 271 g/mol. The third-order valence-corrected chi connectivity index (χ3v) is 3.12. The highest BCUT2D eigenvalue weighted by atomic mass is 19.1. The van der Waals surface area contributed by atoms with E-state index in [0.717, 1.165) is 12.1 Å². The van der Waals surface area contributed by atoms with Gasteiger partial charge in [0, 0.05) is 31.0 Å². The normalized spacial score (nSPS) is 10.8. The first-order valence-electron chi connectivity index (χ1n) is 6.66. The van der Waals surface area contributed by atoms with Gasteiger partial charge >= 0.3 is 0 Å². The quantitative estimate of drug-likeness (QED) is 0.908. The van der Waals surface area contributed by atoms with Crippen molar-refractivity contribution in [3.05, 3.63) is 59.2 Å². The van der Waals surface area contributed by atoms with Crippen molar-refractivity contribution in [1.29, 1.82) is 5.26 Å². The standard InChI is InChI=1S/C16H18FN3/c1-12(2)19-10-15-4-3-7-20(15)11-13-5-6-16(17)14(8-13)9-18/h3-8,12,19H,10-11H2,1-2H3. The Labute approximate surface area is 118 Å². The number of benzene rings is 1. The lowest BCUT2D eigenvalue weighted by atomic mass is 10.1. The van der Waals surface area contributed by atoms with Gasteiger partial charge in [-0.25, -0.2) is 4.39 Å². The molecular weight excluding hydrogens is 253 g/mol. The van der Waals surface area contributed by atoms with Gasteiger partial charge in [-0.1, -0.05) is 19.9 Å². The fourth-order valence-electron chi connectivity index (χ4n) is 2.03. The minimum Gasteiger partial charge on any atom is -0.346 e. The van der Waals surface area contributed by atoms with Gasteiger partial charge in [0.2, 0.25) is 0 Å². The maximum absolute atomic E-state index is 13.3. The Morgan fingerprint density at radius 3 is 2.85 bits per heavy atom. The van der Waals surface area contributed by atoms with E-state index in [1.807, 2.05) is 18.3 Å². The van der Waals surface area contributed by atoms with E-state index in [2.05, 4.69) is 29.8 Å². The number of aromatic nitrogens is 1. The second kappa shape index (κ2) is 6.36. The highest BCUT2D eigenvalue weighted by Gasteiger charge is 2.06. The summed E-state index contributed by atoms with van der Waals surface area (Å²) in [5, 5.41) is 12.2. The van der Waals surface area contributed by atoms with Crippen LogP contribution in [0.2, 0.25) is 0 Å². The molecule has 0 saturated heterocycles. The second-order valence-electron chi connectivity index (χ2n) is 5.09. The lowest BCUT2D eigenvalue weighted by molar-refractivity contribution is 0.564. The highest BCUT2D eigenvalue weighted by molar-refractivity contribution is 5.34. The molecule has 3 nitrogen and oxygen atoms in total. The van der Waals surface area contributed by atoms with Gasteiger partial charge in [-0.2, -0.15) is 5.26 Å². The summed E-state index contributed by atoms with van der Waals surface area (Å²) in [5.74, 6) is -0.467. The van der Waals surface area contributed by atoms with Gasteiger partial charge < -0.3 is 9.88 Å². The Bertz CT molecular complexity index is 623.